The topological polar surface area (TPSA) is 0 Å². The highest BCUT2D eigenvalue weighted by molar-refractivity contribution is 14.0. The van der Waals surface area contributed by atoms with E-state index < -0.39 is 0 Å². The van der Waals surface area contributed by atoms with E-state index in [2.05, 4.69) is 12.8 Å². The Hall–Kier alpha value is 1.06. The van der Waals surface area contributed by atoms with Crippen molar-refractivity contribution in [3.63, 3.8) is 0 Å². The summed E-state index contributed by atoms with van der Waals surface area (Å²) in [5.74, 6) is 0. The van der Waals surface area contributed by atoms with Crippen molar-refractivity contribution in [2.45, 2.75) is 0 Å². The molecule has 0 aliphatic rings. The lowest BCUT2D eigenvalue weighted by molar-refractivity contribution is 3.31. The molecule has 0 saturated heterocycles. The second-order valence-corrected chi connectivity index (χ2v) is 0. The van der Waals surface area contributed by atoms with E-state index in [4.69, 9.17) is 0 Å². The molecule has 0 spiro atoms. The van der Waals surface area contributed by atoms with Crippen molar-refractivity contribution in [2.75, 3.05) is 0 Å². The fourth-order valence-corrected chi connectivity index (χ4v) is 0. The van der Waals surface area contributed by atoms with E-state index in [1.54, 1.807) is 0 Å². The van der Waals surface area contributed by atoms with Crippen molar-refractivity contribution in [2.24, 2.45) is 0 Å². The number of terminal acetylenes is 1. The third-order valence-corrected chi connectivity index (χ3v) is 0. The predicted octanol–water partition coefficient (Wildman–Crippen LogP) is -0.0488. The van der Waals surface area contributed by atoms with Gasteiger partial charge in [0.15, 0.2) is 0 Å². The molecule has 0 heterocycles. The van der Waals surface area contributed by atoms with Crippen molar-refractivity contribution in [3.05, 3.63) is 0 Å². The smallest absolute Gasteiger partial charge is 0.124 e. The predicted molar refractivity (Wildman–Crippen MR) is 33.8 cm³/mol. The van der Waals surface area contributed by atoms with Gasteiger partial charge < -0.3 is 0 Å². The van der Waals surface area contributed by atoms with E-state index in [-0.39, 0.29) is 47.0 Å². The summed E-state index contributed by atoms with van der Waals surface area (Å²) >= 11 is 0. The molecule has 0 aromatic carbocycles. The van der Waals surface area contributed by atoms with Gasteiger partial charge in [0.05, 0.1) is 0 Å². The average molecular weight is 180 g/mol. The van der Waals surface area contributed by atoms with Gasteiger partial charge in [0.25, 0.3) is 0 Å². The lowest BCUT2D eigenvalue weighted by atomic mass is 11.4. The Kier molecular flexibility index (Phi) is 167. The molecular formula is C2H5IMg. The Morgan fingerprint density at radius 3 is 1.00 bits per heavy atom. The summed E-state index contributed by atoms with van der Waals surface area (Å²) in [6, 6.07) is 0. The van der Waals surface area contributed by atoms with E-state index in [9.17, 15) is 0 Å². The van der Waals surface area contributed by atoms with Crippen LogP contribution >= 0.6 is 24.0 Å². The van der Waals surface area contributed by atoms with Crippen LogP contribution in [0.25, 0.3) is 0 Å². The number of hydrogen-bond acceptors (Lipinski definition) is 0. The molecule has 0 saturated carbocycles. The lowest BCUT2D eigenvalue weighted by Gasteiger charge is -0.701. The van der Waals surface area contributed by atoms with Crippen LogP contribution in [0.4, 0.5) is 0 Å². The average Bonchev–Trinajstić information content (AvgIpc) is 1.00. The molecule has 0 fully saturated rings. The molecule has 22 valence electrons. The van der Waals surface area contributed by atoms with Gasteiger partial charge in [0, 0.05) is 0 Å². The first-order chi connectivity index (χ1) is 1.00. The van der Waals surface area contributed by atoms with Crippen LogP contribution in [0.3, 0.4) is 0 Å². The summed E-state index contributed by atoms with van der Waals surface area (Å²) in [6.45, 7) is 0. The Labute approximate surface area is 59.5 Å². The molecule has 0 aliphatic carbocycles. The first-order valence-electron chi connectivity index (χ1n) is 0.333. The molecule has 0 rings (SSSR count). The van der Waals surface area contributed by atoms with Crippen LogP contribution in [0.5, 0.6) is 0 Å². The van der Waals surface area contributed by atoms with Crippen molar-refractivity contribution >= 4 is 47.0 Å². The number of hydrogen-bond donors (Lipinski definition) is 0. The number of halogens is 1. The first kappa shape index (κ1) is 19.7. The van der Waals surface area contributed by atoms with E-state index >= 15 is 0 Å². The summed E-state index contributed by atoms with van der Waals surface area (Å²) in [5.41, 5.74) is 0. The van der Waals surface area contributed by atoms with Crippen molar-refractivity contribution in [1.29, 1.82) is 0 Å². The van der Waals surface area contributed by atoms with E-state index in [0.717, 1.165) is 0 Å². The SMILES string of the molecule is C#C.I.[MgH2]. The van der Waals surface area contributed by atoms with Gasteiger partial charge in [-0.25, -0.2) is 0 Å². The molecule has 0 unspecified atom stereocenters. The molecular weight excluding hydrogens is 175 g/mol. The van der Waals surface area contributed by atoms with Gasteiger partial charge in [-0.05, 0) is 0 Å². The van der Waals surface area contributed by atoms with Crippen molar-refractivity contribution in [1.82, 2.24) is 0 Å². The van der Waals surface area contributed by atoms with Gasteiger partial charge in [-0.15, -0.1) is 36.8 Å². The fourth-order valence-electron chi connectivity index (χ4n) is 0. The normalized spacial score (nSPS) is 0.500. The molecule has 0 amide bonds. The Bertz CT molecular complexity index is 10.8. The Morgan fingerprint density at radius 2 is 1.00 bits per heavy atom. The third kappa shape index (κ3) is 11.6. The minimum atomic E-state index is 0. The number of rotatable bonds is 0. The quantitative estimate of drug-likeness (QED) is 0.278. The van der Waals surface area contributed by atoms with Crippen LogP contribution in [-0.2, 0) is 0 Å². The van der Waals surface area contributed by atoms with Gasteiger partial charge in [-0.3, -0.25) is 0 Å². The highest BCUT2D eigenvalue weighted by atomic mass is 127. The zero-order valence-corrected chi connectivity index (χ0v) is 3.89. The highest BCUT2D eigenvalue weighted by Crippen LogP contribution is 0.886. The zero-order chi connectivity index (χ0) is 2.00. The van der Waals surface area contributed by atoms with Gasteiger partial charge in [-0.2, -0.15) is 0 Å². The van der Waals surface area contributed by atoms with Gasteiger partial charge in [-0.1, -0.05) is 0 Å². The maximum absolute atomic E-state index is 4.00. The fraction of sp³-hybridized carbons (Fsp3) is 0. The molecule has 0 aliphatic heterocycles. The third-order valence-electron chi connectivity index (χ3n) is 0. The van der Waals surface area contributed by atoms with Crippen molar-refractivity contribution in [3.8, 4) is 12.8 Å². The minimum absolute atomic E-state index is 0. The van der Waals surface area contributed by atoms with Crippen LogP contribution in [0.15, 0.2) is 0 Å². The maximum atomic E-state index is 4.00. The second kappa shape index (κ2) is 34.0. The van der Waals surface area contributed by atoms with E-state index in [1.165, 1.54) is 0 Å². The van der Waals surface area contributed by atoms with Crippen LogP contribution in [-0.4, -0.2) is 23.1 Å². The van der Waals surface area contributed by atoms with Gasteiger partial charge in [0.2, 0.25) is 0 Å². The summed E-state index contributed by atoms with van der Waals surface area (Å²) in [7, 11) is 0. The molecule has 0 nitrogen and oxygen atoms in total. The van der Waals surface area contributed by atoms with Crippen molar-refractivity contribution < 1.29 is 0 Å². The Balaban J connectivity index is -0.00000000500. The molecule has 0 radical (unpaired) electrons. The van der Waals surface area contributed by atoms with Crippen LogP contribution < -0.4 is 0 Å². The van der Waals surface area contributed by atoms with E-state index in [1.807, 2.05) is 0 Å². The summed E-state index contributed by atoms with van der Waals surface area (Å²) < 4.78 is 0. The summed E-state index contributed by atoms with van der Waals surface area (Å²) in [4.78, 5) is 0. The minimum Gasteiger partial charge on any atom is -0.124 e. The largest absolute Gasteiger partial charge is 0.316 e. The van der Waals surface area contributed by atoms with Gasteiger partial charge >= 0.3 is 23.1 Å². The molecule has 0 bridgehead atoms. The Morgan fingerprint density at radius 1 is 1.00 bits per heavy atom. The molecule has 0 N–H and O–H groups in total. The lowest BCUT2D eigenvalue weighted by Crippen LogP contribution is -0.576. The molecule has 0 aromatic heterocycles. The summed E-state index contributed by atoms with van der Waals surface area (Å²) in [5, 5.41) is 0. The van der Waals surface area contributed by atoms with Crippen LogP contribution in [0, 0.1) is 12.8 Å². The first-order valence-corrected chi connectivity index (χ1v) is 0.333. The van der Waals surface area contributed by atoms with Crippen LogP contribution in [0.2, 0.25) is 0 Å². The standard InChI is InChI=1S/C2H2.HI.Mg.2H/c1-2;;;;/h1-2H;1H;;;. The molecule has 2 heteroatoms. The second-order valence-electron chi connectivity index (χ2n) is 0. The highest BCUT2D eigenvalue weighted by Gasteiger charge is 0.454. The van der Waals surface area contributed by atoms with E-state index in [0.29, 0.717) is 0 Å². The van der Waals surface area contributed by atoms with Gasteiger partial charge in [0.1, 0.15) is 0 Å². The monoisotopic (exact) mass is 180 g/mol. The maximum Gasteiger partial charge on any atom is 0.316 e. The van der Waals surface area contributed by atoms with Crippen LogP contribution in [0.1, 0.15) is 0 Å². The zero-order valence-electron chi connectivity index (χ0n) is 1.56. The molecule has 0 atom stereocenters. The molecule has 0 aromatic rings. The molecule has 4 heavy (non-hydrogen) atoms. The summed E-state index contributed by atoms with van der Waals surface area (Å²) in [6.07, 6.45) is 8.00.